The molecule has 29 heavy (non-hydrogen) atoms. The molecule has 1 aliphatic heterocycles. The SMILES string of the molecule is O=C1CCCC2=C1[C@H](c1cccs1)N(Cc1ccccc1Cl)c1ccccc1N2. The highest BCUT2D eigenvalue weighted by Gasteiger charge is 2.37. The van der Waals surface area contributed by atoms with Gasteiger partial charge in [-0.3, -0.25) is 4.79 Å². The number of carbonyl (C=O) groups excluding carboxylic acids is 1. The summed E-state index contributed by atoms with van der Waals surface area (Å²) < 4.78 is 0. The molecule has 0 spiro atoms. The van der Waals surface area contributed by atoms with Gasteiger partial charge in [-0.2, -0.15) is 0 Å². The largest absolute Gasteiger partial charge is 0.357 e. The third kappa shape index (κ3) is 3.37. The molecule has 3 aromatic rings. The van der Waals surface area contributed by atoms with Crippen LogP contribution in [0.25, 0.3) is 0 Å². The number of hydrogen-bond donors (Lipinski definition) is 1. The first-order valence-electron chi connectivity index (χ1n) is 9.88. The summed E-state index contributed by atoms with van der Waals surface area (Å²) in [5, 5.41) is 6.43. The van der Waals surface area contributed by atoms with Gasteiger partial charge in [0.25, 0.3) is 0 Å². The van der Waals surface area contributed by atoms with E-state index in [0.29, 0.717) is 13.0 Å². The molecular formula is C24H21ClN2OS. The number of nitrogens with one attached hydrogen (secondary N) is 1. The predicted octanol–water partition coefficient (Wildman–Crippen LogP) is 6.58. The zero-order valence-corrected chi connectivity index (χ0v) is 17.5. The molecule has 2 aromatic carbocycles. The molecule has 1 aromatic heterocycles. The third-order valence-electron chi connectivity index (χ3n) is 5.65. The van der Waals surface area contributed by atoms with E-state index in [1.54, 1.807) is 11.3 Å². The van der Waals surface area contributed by atoms with Crippen molar-refractivity contribution in [3.8, 4) is 0 Å². The summed E-state index contributed by atoms with van der Waals surface area (Å²) in [6, 6.07) is 20.3. The molecule has 0 unspecified atom stereocenters. The van der Waals surface area contributed by atoms with Gasteiger partial charge in [0.15, 0.2) is 5.78 Å². The average Bonchev–Trinajstić information content (AvgIpc) is 3.21. The van der Waals surface area contributed by atoms with Gasteiger partial charge in [-0.1, -0.05) is 48.0 Å². The second-order valence-electron chi connectivity index (χ2n) is 7.45. The summed E-state index contributed by atoms with van der Waals surface area (Å²) in [6.45, 7) is 0.630. The van der Waals surface area contributed by atoms with E-state index < -0.39 is 0 Å². The fraction of sp³-hybridized carbons (Fsp3) is 0.208. The molecule has 0 saturated heterocycles. The first-order chi connectivity index (χ1) is 14.2. The quantitative estimate of drug-likeness (QED) is 0.519. The highest BCUT2D eigenvalue weighted by Crippen LogP contribution is 2.46. The van der Waals surface area contributed by atoms with Crippen molar-refractivity contribution in [2.45, 2.75) is 31.8 Å². The highest BCUT2D eigenvalue weighted by molar-refractivity contribution is 7.10. The van der Waals surface area contributed by atoms with Gasteiger partial charge in [0, 0.05) is 34.1 Å². The molecule has 1 atom stereocenters. The van der Waals surface area contributed by atoms with E-state index in [4.69, 9.17) is 11.6 Å². The van der Waals surface area contributed by atoms with Crippen LogP contribution in [-0.4, -0.2) is 5.78 Å². The molecule has 2 heterocycles. The molecule has 146 valence electrons. The Bertz CT molecular complexity index is 1090. The van der Waals surface area contributed by atoms with Gasteiger partial charge in [-0.25, -0.2) is 0 Å². The molecule has 3 nitrogen and oxygen atoms in total. The van der Waals surface area contributed by atoms with Gasteiger partial charge in [-0.05, 0) is 48.1 Å². The summed E-state index contributed by atoms with van der Waals surface area (Å²) >= 11 is 8.23. The number of fused-ring (bicyclic) bond motifs is 1. The Kier molecular flexibility index (Phi) is 4.90. The fourth-order valence-electron chi connectivity index (χ4n) is 4.33. The Morgan fingerprint density at radius 2 is 1.86 bits per heavy atom. The van der Waals surface area contributed by atoms with Crippen molar-refractivity contribution in [3.05, 3.63) is 92.8 Å². The van der Waals surface area contributed by atoms with E-state index in [9.17, 15) is 4.79 Å². The summed E-state index contributed by atoms with van der Waals surface area (Å²) in [5.74, 6) is 0.245. The van der Waals surface area contributed by atoms with Crippen LogP contribution in [0.1, 0.15) is 35.7 Å². The molecule has 0 amide bonds. The van der Waals surface area contributed by atoms with Crippen LogP contribution in [0.4, 0.5) is 11.4 Å². The van der Waals surface area contributed by atoms with E-state index in [1.165, 1.54) is 4.88 Å². The zero-order chi connectivity index (χ0) is 19.8. The van der Waals surface area contributed by atoms with Crippen LogP contribution in [0.3, 0.4) is 0 Å². The first-order valence-corrected chi connectivity index (χ1v) is 11.1. The lowest BCUT2D eigenvalue weighted by Crippen LogP contribution is -2.32. The van der Waals surface area contributed by atoms with Crippen LogP contribution < -0.4 is 10.2 Å². The number of thiophene rings is 1. The summed E-state index contributed by atoms with van der Waals surface area (Å²) in [4.78, 5) is 16.7. The number of allylic oxidation sites excluding steroid dienone is 1. The first kappa shape index (κ1) is 18.5. The number of nitrogens with zero attached hydrogens (tertiary/aromatic N) is 1. The number of carbonyl (C=O) groups is 1. The Balaban J connectivity index is 1.73. The van der Waals surface area contributed by atoms with Crippen LogP contribution in [0.2, 0.25) is 5.02 Å². The minimum atomic E-state index is -0.120. The second-order valence-corrected chi connectivity index (χ2v) is 8.83. The number of para-hydroxylation sites is 2. The van der Waals surface area contributed by atoms with E-state index >= 15 is 0 Å². The molecule has 1 aliphatic carbocycles. The summed E-state index contributed by atoms with van der Waals surface area (Å²) in [5.41, 5.74) is 5.15. The zero-order valence-electron chi connectivity index (χ0n) is 15.9. The third-order valence-corrected chi connectivity index (χ3v) is 6.94. The Morgan fingerprint density at radius 1 is 1.03 bits per heavy atom. The normalized spacial score (nSPS) is 18.7. The van der Waals surface area contributed by atoms with E-state index in [-0.39, 0.29) is 11.8 Å². The average molecular weight is 421 g/mol. The van der Waals surface area contributed by atoms with Crippen LogP contribution in [0.5, 0.6) is 0 Å². The van der Waals surface area contributed by atoms with Crippen molar-refractivity contribution in [2.75, 3.05) is 10.2 Å². The van der Waals surface area contributed by atoms with Crippen molar-refractivity contribution in [3.63, 3.8) is 0 Å². The Labute approximate surface area is 179 Å². The molecule has 5 rings (SSSR count). The van der Waals surface area contributed by atoms with Gasteiger partial charge in [0.2, 0.25) is 0 Å². The minimum Gasteiger partial charge on any atom is -0.357 e. The monoisotopic (exact) mass is 420 g/mol. The van der Waals surface area contributed by atoms with Crippen LogP contribution in [0, 0.1) is 0 Å². The summed E-state index contributed by atoms with van der Waals surface area (Å²) in [7, 11) is 0. The van der Waals surface area contributed by atoms with Crippen LogP contribution in [0.15, 0.2) is 77.3 Å². The number of hydrogen-bond acceptors (Lipinski definition) is 4. The van der Waals surface area contributed by atoms with Gasteiger partial charge in [0.05, 0.1) is 17.4 Å². The molecular weight excluding hydrogens is 400 g/mol. The molecule has 2 aliphatic rings. The van der Waals surface area contributed by atoms with Gasteiger partial charge >= 0.3 is 0 Å². The van der Waals surface area contributed by atoms with Crippen molar-refractivity contribution in [2.24, 2.45) is 0 Å². The smallest absolute Gasteiger partial charge is 0.163 e. The van der Waals surface area contributed by atoms with E-state index in [2.05, 4.69) is 52.0 Å². The van der Waals surface area contributed by atoms with Gasteiger partial charge < -0.3 is 10.2 Å². The molecule has 0 radical (unpaired) electrons. The minimum absolute atomic E-state index is 0.120. The standard InChI is InChI=1S/C24H21ClN2OS/c25-17-8-2-1-7-16(17)15-27-20-11-4-3-9-18(20)26-19-10-5-12-21(28)23(19)24(27)22-13-6-14-29-22/h1-4,6-9,11,13-14,24,26H,5,10,12,15H2/t24-/m0/s1. The van der Waals surface area contributed by atoms with Crippen LogP contribution in [-0.2, 0) is 11.3 Å². The molecule has 0 bridgehead atoms. The number of halogens is 1. The second kappa shape index (κ2) is 7.69. The van der Waals surface area contributed by atoms with Gasteiger partial charge in [-0.15, -0.1) is 11.3 Å². The molecule has 0 fully saturated rings. The van der Waals surface area contributed by atoms with Crippen molar-refractivity contribution < 1.29 is 4.79 Å². The predicted molar refractivity (Wildman–Crippen MR) is 121 cm³/mol. The maximum absolute atomic E-state index is 13.2. The lowest BCUT2D eigenvalue weighted by molar-refractivity contribution is -0.116. The number of anilines is 2. The Hall–Kier alpha value is -2.56. The number of benzene rings is 2. The highest BCUT2D eigenvalue weighted by atomic mass is 35.5. The number of Topliss-reactive ketones (excluding diaryl/α,β-unsaturated/α-hetero) is 1. The summed E-state index contributed by atoms with van der Waals surface area (Å²) in [6.07, 6.45) is 2.41. The van der Waals surface area contributed by atoms with E-state index in [0.717, 1.165) is 46.1 Å². The maximum atomic E-state index is 13.2. The number of ketones is 1. The maximum Gasteiger partial charge on any atom is 0.163 e. The van der Waals surface area contributed by atoms with Crippen LogP contribution >= 0.6 is 22.9 Å². The Morgan fingerprint density at radius 3 is 2.69 bits per heavy atom. The van der Waals surface area contributed by atoms with E-state index in [1.807, 2.05) is 24.3 Å². The van der Waals surface area contributed by atoms with Crippen molar-refractivity contribution in [1.29, 1.82) is 0 Å². The fourth-order valence-corrected chi connectivity index (χ4v) is 5.37. The van der Waals surface area contributed by atoms with Crippen molar-refractivity contribution >= 4 is 40.1 Å². The molecule has 1 N–H and O–H groups in total. The number of rotatable bonds is 3. The van der Waals surface area contributed by atoms with Crippen molar-refractivity contribution in [1.82, 2.24) is 0 Å². The van der Waals surface area contributed by atoms with Gasteiger partial charge in [0.1, 0.15) is 0 Å². The topological polar surface area (TPSA) is 32.3 Å². The molecule has 5 heteroatoms. The lowest BCUT2D eigenvalue weighted by atomic mass is 9.88. The lowest BCUT2D eigenvalue weighted by Gasteiger charge is -2.35. The molecule has 0 saturated carbocycles.